The quantitative estimate of drug-likeness (QED) is 0.776. The van der Waals surface area contributed by atoms with Gasteiger partial charge in [-0.1, -0.05) is 25.1 Å². The molecule has 1 fully saturated rings. The molecule has 124 valence electrons. The van der Waals surface area contributed by atoms with Crippen molar-refractivity contribution in [2.24, 2.45) is 5.92 Å². The number of nitrogens with zero attached hydrogens (tertiary/aromatic N) is 3. The van der Waals surface area contributed by atoms with Gasteiger partial charge in [0.1, 0.15) is 5.39 Å². The first kappa shape index (κ1) is 14.9. The van der Waals surface area contributed by atoms with E-state index < -0.39 is 0 Å². The molecule has 1 aromatic carbocycles. The summed E-state index contributed by atoms with van der Waals surface area (Å²) < 4.78 is 1.71. The maximum Gasteiger partial charge on any atom is 0.263 e. The first-order valence-corrected chi connectivity index (χ1v) is 8.51. The van der Waals surface area contributed by atoms with Crippen LogP contribution in [-0.2, 0) is 0 Å². The van der Waals surface area contributed by atoms with Gasteiger partial charge < -0.3 is 5.32 Å². The zero-order chi connectivity index (χ0) is 16.5. The van der Waals surface area contributed by atoms with E-state index in [1.54, 1.807) is 10.9 Å². The lowest BCUT2D eigenvalue weighted by Crippen LogP contribution is -2.27. The Bertz CT molecular complexity index is 891. The molecule has 24 heavy (non-hydrogen) atoms. The molecule has 6 heteroatoms. The Kier molecular flexibility index (Phi) is 3.80. The second kappa shape index (κ2) is 6.11. The van der Waals surface area contributed by atoms with Gasteiger partial charge >= 0.3 is 0 Å². The largest absolute Gasteiger partial charge is 0.353 e. The molecule has 0 atom stereocenters. The predicted octanol–water partition coefficient (Wildman–Crippen LogP) is 3.10. The summed E-state index contributed by atoms with van der Waals surface area (Å²) in [6.45, 7) is 2.29. The van der Waals surface area contributed by atoms with Crippen molar-refractivity contribution in [2.75, 3.05) is 5.32 Å². The van der Waals surface area contributed by atoms with Gasteiger partial charge in [0.2, 0.25) is 5.95 Å². The van der Waals surface area contributed by atoms with Crippen LogP contribution in [0.2, 0.25) is 0 Å². The fourth-order valence-corrected chi connectivity index (χ4v) is 3.34. The zero-order valence-electron chi connectivity index (χ0n) is 13.7. The summed E-state index contributed by atoms with van der Waals surface area (Å²) in [4.78, 5) is 19.8. The number of hydrogen-bond donors (Lipinski definition) is 2. The third-order valence-corrected chi connectivity index (χ3v) is 4.80. The van der Waals surface area contributed by atoms with E-state index in [0.29, 0.717) is 23.0 Å². The first-order valence-electron chi connectivity index (χ1n) is 8.51. The molecular weight excluding hydrogens is 302 g/mol. The number of H-pyrrole nitrogens is 1. The highest BCUT2D eigenvalue weighted by Gasteiger charge is 2.19. The molecular formula is C18H21N5O. The van der Waals surface area contributed by atoms with Gasteiger partial charge in [-0.3, -0.25) is 9.78 Å². The molecule has 0 bridgehead atoms. The van der Waals surface area contributed by atoms with E-state index in [0.717, 1.165) is 24.4 Å². The van der Waals surface area contributed by atoms with E-state index in [2.05, 4.69) is 27.3 Å². The van der Waals surface area contributed by atoms with Crippen LogP contribution in [0.25, 0.3) is 16.7 Å². The molecule has 3 aromatic rings. The minimum absolute atomic E-state index is 0.158. The number of nitrogens with one attached hydrogen (secondary N) is 2. The van der Waals surface area contributed by atoms with Gasteiger partial charge in [-0.15, -0.1) is 0 Å². The van der Waals surface area contributed by atoms with Gasteiger partial charge in [-0.25, -0.2) is 4.68 Å². The molecule has 1 saturated carbocycles. The Labute approximate surface area is 139 Å². The normalized spacial score (nSPS) is 21.0. The molecule has 1 aliphatic carbocycles. The summed E-state index contributed by atoms with van der Waals surface area (Å²) in [5, 5.41) is 8.23. The molecule has 0 aliphatic heterocycles. The number of aromatic amines is 1. The maximum atomic E-state index is 12.3. The van der Waals surface area contributed by atoms with Crippen molar-refractivity contribution < 1.29 is 0 Å². The lowest BCUT2D eigenvalue weighted by Gasteiger charge is -2.26. The molecule has 2 heterocycles. The SMILES string of the molecule is CC1CCC(Nc2nc3c(cnn3-c3ccccc3)c(=O)[nH]2)CC1. The van der Waals surface area contributed by atoms with Gasteiger partial charge in [0.05, 0.1) is 11.9 Å². The monoisotopic (exact) mass is 323 g/mol. The summed E-state index contributed by atoms with van der Waals surface area (Å²) in [6, 6.07) is 10.1. The van der Waals surface area contributed by atoms with Crippen molar-refractivity contribution >= 4 is 17.0 Å². The van der Waals surface area contributed by atoms with Crippen molar-refractivity contribution in [2.45, 2.75) is 38.6 Å². The van der Waals surface area contributed by atoms with Crippen LogP contribution in [0.15, 0.2) is 41.3 Å². The molecule has 0 radical (unpaired) electrons. The Hall–Kier alpha value is -2.63. The van der Waals surface area contributed by atoms with Gasteiger partial charge in [0.25, 0.3) is 5.56 Å². The Morgan fingerprint density at radius 3 is 2.67 bits per heavy atom. The number of anilines is 1. The number of fused-ring (bicyclic) bond motifs is 1. The number of para-hydroxylation sites is 1. The molecule has 2 N–H and O–H groups in total. The second-order valence-corrected chi connectivity index (χ2v) is 6.64. The van der Waals surface area contributed by atoms with Crippen LogP contribution in [-0.4, -0.2) is 25.8 Å². The van der Waals surface area contributed by atoms with Crippen molar-refractivity contribution in [3.63, 3.8) is 0 Å². The van der Waals surface area contributed by atoms with Crippen LogP contribution in [0.3, 0.4) is 0 Å². The fourth-order valence-electron chi connectivity index (χ4n) is 3.34. The van der Waals surface area contributed by atoms with Gasteiger partial charge in [-0.05, 0) is 43.7 Å². The number of benzene rings is 1. The zero-order valence-corrected chi connectivity index (χ0v) is 13.7. The number of rotatable bonds is 3. The van der Waals surface area contributed by atoms with Crippen molar-refractivity contribution in [3.05, 3.63) is 46.9 Å². The Balaban J connectivity index is 1.69. The molecule has 0 spiro atoms. The minimum atomic E-state index is -0.158. The lowest BCUT2D eigenvalue weighted by atomic mass is 9.87. The van der Waals surface area contributed by atoms with Crippen LogP contribution < -0.4 is 10.9 Å². The molecule has 6 nitrogen and oxygen atoms in total. The summed E-state index contributed by atoms with van der Waals surface area (Å²) in [5.74, 6) is 1.32. The number of aromatic nitrogens is 4. The van der Waals surface area contributed by atoms with Crippen LogP contribution in [0.4, 0.5) is 5.95 Å². The predicted molar refractivity (Wildman–Crippen MR) is 94.5 cm³/mol. The maximum absolute atomic E-state index is 12.3. The molecule has 0 unspecified atom stereocenters. The highest BCUT2D eigenvalue weighted by molar-refractivity contribution is 5.76. The Morgan fingerprint density at radius 1 is 1.17 bits per heavy atom. The molecule has 0 saturated heterocycles. The van der Waals surface area contributed by atoms with E-state index in [4.69, 9.17) is 0 Å². The topological polar surface area (TPSA) is 75.6 Å². The van der Waals surface area contributed by atoms with E-state index in [1.165, 1.54) is 12.8 Å². The lowest BCUT2D eigenvalue weighted by molar-refractivity contribution is 0.360. The van der Waals surface area contributed by atoms with Crippen LogP contribution in [0.5, 0.6) is 0 Å². The average Bonchev–Trinajstić information content (AvgIpc) is 3.02. The molecule has 4 rings (SSSR count). The summed E-state index contributed by atoms with van der Waals surface area (Å²) in [6.07, 6.45) is 6.22. The van der Waals surface area contributed by atoms with Crippen LogP contribution >= 0.6 is 0 Å². The highest BCUT2D eigenvalue weighted by atomic mass is 16.1. The van der Waals surface area contributed by atoms with Crippen LogP contribution in [0.1, 0.15) is 32.6 Å². The molecule has 2 aromatic heterocycles. The summed E-state index contributed by atoms with van der Waals surface area (Å²) >= 11 is 0. The molecule has 0 amide bonds. The van der Waals surface area contributed by atoms with Crippen molar-refractivity contribution in [3.8, 4) is 5.69 Å². The summed E-state index contributed by atoms with van der Waals surface area (Å²) in [7, 11) is 0. The van der Waals surface area contributed by atoms with Crippen molar-refractivity contribution in [1.29, 1.82) is 0 Å². The highest BCUT2D eigenvalue weighted by Crippen LogP contribution is 2.25. The van der Waals surface area contributed by atoms with Crippen LogP contribution in [0, 0.1) is 5.92 Å². The third-order valence-electron chi connectivity index (χ3n) is 4.80. The smallest absolute Gasteiger partial charge is 0.263 e. The van der Waals surface area contributed by atoms with Gasteiger partial charge in [0, 0.05) is 6.04 Å². The average molecular weight is 323 g/mol. The fraction of sp³-hybridized carbons (Fsp3) is 0.389. The van der Waals surface area contributed by atoms with Gasteiger partial charge in [-0.2, -0.15) is 10.1 Å². The number of hydrogen-bond acceptors (Lipinski definition) is 4. The van der Waals surface area contributed by atoms with Crippen molar-refractivity contribution in [1.82, 2.24) is 19.7 Å². The summed E-state index contributed by atoms with van der Waals surface area (Å²) in [5.41, 5.74) is 1.31. The van der Waals surface area contributed by atoms with E-state index in [1.807, 2.05) is 30.3 Å². The second-order valence-electron chi connectivity index (χ2n) is 6.64. The Morgan fingerprint density at radius 2 is 1.92 bits per heavy atom. The van der Waals surface area contributed by atoms with E-state index in [-0.39, 0.29) is 5.56 Å². The van der Waals surface area contributed by atoms with Gasteiger partial charge in [0.15, 0.2) is 5.65 Å². The minimum Gasteiger partial charge on any atom is -0.353 e. The third kappa shape index (κ3) is 2.79. The van der Waals surface area contributed by atoms with E-state index in [9.17, 15) is 4.79 Å². The van der Waals surface area contributed by atoms with E-state index >= 15 is 0 Å². The standard InChI is InChI=1S/C18H21N5O/c1-12-7-9-13(10-8-12)20-18-21-16-15(17(24)22-18)11-19-23(16)14-5-3-2-4-6-14/h2-6,11-13H,7-10H2,1H3,(H2,20,21,22,24). The molecule has 1 aliphatic rings. The first-order chi connectivity index (χ1) is 11.7.